The summed E-state index contributed by atoms with van der Waals surface area (Å²) in [6.45, 7) is 0. The van der Waals surface area contributed by atoms with Gasteiger partial charge in [-0.05, 0) is 59.2 Å². The minimum atomic E-state index is -4.83. The minimum absolute atomic E-state index is 0.0205. The number of carbonyl (C=O) groups is 1. The van der Waals surface area contributed by atoms with Crippen molar-refractivity contribution in [1.29, 1.82) is 5.41 Å². The Morgan fingerprint density at radius 3 is 2.02 bits per heavy atom. The summed E-state index contributed by atoms with van der Waals surface area (Å²) < 4.78 is 69.8. The molecule has 0 bridgehead atoms. The summed E-state index contributed by atoms with van der Waals surface area (Å²) in [5, 5.41) is 17.1. The van der Waals surface area contributed by atoms with E-state index in [-0.39, 0.29) is 39.3 Å². The van der Waals surface area contributed by atoms with E-state index in [0.717, 1.165) is 29.3 Å². The van der Waals surface area contributed by atoms with Crippen molar-refractivity contribution in [2.24, 2.45) is 10.2 Å². The Balaban J connectivity index is 1.17. The predicted molar refractivity (Wildman–Crippen MR) is 174 cm³/mol. The van der Waals surface area contributed by atoms with E-state index in [2.05, 4.69) is 21.1 Å². The normalized spacial score (nSPS) is 15.1. The first-order valence-corrected chi connectivity index (χ1v) is 16.5. The number of azo groups is 1. The molecule has 0 heterocycles. The number of benzene rings is 4. The highest BCUT2D eigenvalue weighted by Crippen LogP contribution is 2.37. The van der Waals surface area contributed by atoms with Crippen molar-refractivity contribution in [3.8, 4) is 11.1 Å². The zero-order valence-electron chi connectivity index (χ0n) is 24.0. The van der Waals surface area contributed by atoms with Crippen LogP contribution in [0.5, 0.6) is 0 Å². The van der Waals surface area contributed by atoms with Gasteiger partial charge < -0.3 is 20.3 Å². The first-order valence-electron chi connectivity index (χ1n) is 13.7. The topological polar surface area (TPSA) is 230 Å². The fourth-order valence-electron chi connectivity index (χ4n) is 5.03. The molecule has 0 atom stereocenters. The van der Waals surface area contributed by atoms with Crippen LogP contribution in [0.3, 0.4) is 0 Å². The van der Waals surface area contributed by atoms with E-state index in [9.17, 15) is 30.7 Å². The summed E-state index contributed by atoms with van der Waals surface area (Å²) in [7, 11) is -9.62. The zero-order valence-corrected chi connectivity index (χ0v) is 25.6. The van der Waals surface area contributed by atoms with Crippen LogP contribution in [0.15, 0.2) is 140 Å². The maximum atomic E-state index is 12.7. The van der Waals surface area contributed by atoms with Crippen molar-refractivity contribution >= 4 is 65.3 Å². The lowest BCUT2D eigenvalue weighted by molar-refractivity contribution is -0.111. The molecule has 0 aromatic heterocycles. The van der Waals surface area contributed by atoms with E-state index in [4.69, 9.17) is 11.1 Å². The number of hydrogen-bond donors (Lipinski definition) is 4. The maximum absolute atomic E-state index is 12.7. The first kappa shape index (κ1) is 31.3. The SMILES string of the molecule is N=C1C=CC2=CC(S(=O)(=O)[O-])=CC(=O)C2=C1NNc1ccc(-c2ccc(N=Nc3cc(S(=O)(=O)[O-])c4ccccc4c3N)cc2)cc1. The van der Waals surface area contributed by atoms with Crippen LogP contribution in [0.2, 0.25) is 0 Å². The molecule has 6 rings (SSSR count). The molecule has 47 heavy (non-hydrogen) atoms. The average molecular weight is 667 g/mol. The number of hydrogen-bond acceptors (Lipinski definition) is 13. The fourth-order valence-corrected chi connectivity index (χ4v) is 6.25. The molecule has 2 aliphatic carbocycles. The lowest BCUT2D eigenvalue weighted by Crippen LogP contribution is -2.31. The number of nitrogens with two attached hydrogens (primary N) is 1. The maximum Gasteiger partial charge on any atom is 0.189 e. The van der Waals surface area contributed by atoms with Gasteiger partial charge >= 0.3 is 0 Å². The standard InChI is InChI=1S/C32H24N6O7S2/c33-26-14-9-20-15-23(46(40,41)42)16-28(39)30(20)32(26)38-36-22-12-7-19(8-13-22)18-5-10-21(11-6-18)35-37-27-17-29(47(43,44)45)24-3-1-2-4-25(24)31(27)34/h1-17,33,36,38H,34H2,(H,40,41,42)(H,43,44,45)/p-2. The lowest BCUT2D eigenvalue weighted by Gasteiger charge is -2.23. The Hall–Kier alpha value is -5.74. The molecule has 15 heteroatoms. The molecule has 13 nitrogen and oxygen atoms in total. The van der Waals surface area contributed by atoms with Crippen LogP contribution in [0, 0.1) is 5.41 Å². The summed E-state index contributed by atoms with van der Waals surface area (Å²) in [4.78, 5) is 11.6. The van der Waals surface area contributed by atoms with Crippen molar-refractivity contribution in [3.63, 3.8) is 0 Å². The van der Waals surface area contributed by atoms with E-state index in [1.54, 1.807) is 54.6 Å². The number of fused-ring (bicyclic) bond motifs is 2. The molecular formula is C32H22N6O7S2-2. The molecule has 0 saturated heterocycles. The monoisotopic (exact) mass is 666 g/mol. The molecule has 236 valence electrons. The van der Waals surface area contributed by atoms with Gasteiger partial charge in [0.15, 0.2) is 5.78 Å². The van der Waals surface area contributed by atoms with Crippen LogP contribution in [-0.4, -0.2) is 37.4 Å². The quantitative estimate of drug-likeness (QED) is 0.0840. The van der Waals surface area contributed by atoms with Gasteiger partial charge in [0.1, 0.15) is 25.9 Å². The van der Waals surface area contributed by atoms with Crippen molar-refractivity contribution in [2.45, 2.75) is 4.90 Å². The number of hydrazine groups is 1. The molecule has 2 aliphatic rings. The highest BCUT2D eigenvalue weighted by atomic mass is 32.2. The summed E-state index contributed by atoms with van der Waals surface area (Å²) in [6.07, 6.45) is 4.62. The van der Waals surface area contributed by atoms with E-state index in [0.29, 0.717) is 16.8 Å². The summed E-state index contributed by atoms with van der Waals surface area (Å²) in [5.41, 5.74) is 15.3. The third-order valence-electron chi connectivity index (χ3n) is 7.33. The Kier molecular flexibility index (Phi) is 7.90. The van der Waals surface area contributed by atoms with Crippen LogP contribution in [-0.2, 0) is 25.0 Å². The molecule has 5 N–H and O–H groups in total. The number of nitrogens with zero attached hydrogens (tertiary/aromatic N) is 2. The Bertz CT molecular complexity index is 2380. The van der Waals surface area contributed by atoms with Crippen LogP contribution < -0.4 is 16.6 Å². The van der Waals surface area contributed by atoms with Gasteiger partial charge in [-0.25, -0.2) is 16.8 Å². The van der Waals surface area contributed by atoms with Crippen molar-refractivity contribution < 1.29 is 30.7 Å². The first-order chi connectivity index (χ1) is 22.3. The molecule has 0 amide bonds. The van der Waals surface area contributed by atoms with E-state index in [1.165, 1.54) is 18.2 Å². The molecule has 0 radical (unpaired) electrons. The van der Waals surface area contributed by atoms with Crippen LogP contribution in [0.4, 0.5) is 22.7 Å². The number of ketones is 1. The number of nitrogens with one attached hydrogen (secondary N) is 3. The second-order valence-corrected chi connectivity index (χ2v) is 13.1. The summed E-state index contributed by atoms with van der Waals surface area (Å²) in [5.74, 6) is -0.713. The third-order valence-corrected chi connectivity index (χ3v) is 9.02. The molecule has 0 aliphatic heterocycles. The number of carbonyl (C=O) groups excluding carboxylic acids is 1. The largest absolute Gasteiger partial charge is 0.744 e. The third kappa shape index (κ3) is 6.36. The van der Waals surface area contributed by atoms with Crippen LogP contribution >= 0.6 is 0 Å². The van der Waals surface area contributed by atoms with Gasteiger partial charge in [-0.2, -0.15) is 5.11 Å². The van der Waals surface area contributed by atoms with Gasteiger partial charge in [-0.15, -0.1) is 5.11 Å². The van der Waals surface area contributed by atoms with E-state index < -0.39 is 35.8 Å². The molecule has 4 aromatic carbocycles. The van der Waals surface area contributed by atoms with Crippen molar-refractivity contribution in [1.82, 2.24) is 5.43 Å². The number of allylic oxidation sites excluding steroid dienone is 6. The Morgan fingerprint density at radius 1 is 0.745 bits per heavy atom. The van der Waals surface area contributed by atoms with Crippen LogP contribution in [0.1, 0.15) is 0 Å². The molecule has 0 saturated carbocycles. The minimum Gasteiger partial charge on any atom is -0.744 e. The van der Waals surface area contributed by atoms with Gasteiger partial charge in [-0.1, -0.05) is 54.6 Å². The van der Waals surface area contributed by atoms with Gasteiger partial charge in [0, 0.05) is 16.8 Å². The number of nitrogen functional groups attached to an aromatic ring is 1. The highest BCUT2D eigenvalue weighted by molar-refractivity contribution is 7.90. The predicted octanol–water partition coefficient (Wildman–Crippen LogP) is 5.11. The van der Waals surface area contributed by atoms with Gasteiger partial charge in [-0.3, -0.25) is 15.6 Å². The molecule has 4 aromatic rings. The van der Waals surface area contributed by atoms with Gasteiger partial charge in [0.25, 0.3) is 0 Å². The van der Waals surface area contributed by atoms with Crippen molar-refractivity contribution in [3.05, 3.63) is 125 Å². The van der Waals surface area contributed by atoms with Gasteiger partial charge in [0.2, 0.25) is 0 Å². The Morgan fingerprint density at radius 2 is 1.38 bits per heavy atom. The van der Waals surface area contributed by atoms with Crippen LogP contribution in [0.25, 0.3) is 21.9 Å². The lowest BCUT2D eigenvalue weighted by atomic mass is 9.89. The van der Waals surface area contributed by atoms with Gasteiger partial charge in [0.05, 0.1) is 43.8 Å². The highest BCUT2D eigenvalue weighted by Gasteiger charge is 2.27. The molecule has 0 unspecified atom stereocenters. The second-order valence-electron chi connectivity index (χ2n) is 10.3. The fraction of sp³-hybridized carbons (Fsp3) is 0. The summed E-state index contributed by atoms with van der Waals surface area (Å²) >= 11 is 0. The summed E-state index contributed by atoms with van der Waals surface area (Å²) in [6, 6.07) is 21.7. The molecule has 0 spiro atoms. The molecular weight excluding hydrogens is 645 g/mol. The zero-order chi connectivity index (χ0) is 33.5. The Labute approximate surface area is 268 Å². The number of anilines is 2. The van der Waals surface area contributed by atoms with Crippen molar-refractivity contribution in [2.75, 3.05) is 11.2 Å². The number of rotatable bonds is 8. The second kappa shape index (κ2) is 11.9. The van der Waals surface area contributed by atoms with E-state index in [1.807, 2.05) is 12.1 Å². The van der Waals surface area contributed by atoms with E-state index >= 15 is 0 Å². The average Bonchev–Trinajstić information content (AvgIpc) is 3.03. The molecule has 0 fully saturated rings. The smallest absolute Gasteiger partial charge is 0.189 e.